The molecule has 5 N–H and O–H groups in total. The average Bonchev–Trinajstić information content (AvgIpc) is 2.47. The normalized spacial score (nSPS) is 25.4. The first-order valence-corrected chi connectivity index (χ1v) is 7.47. The summed E-state index contributed by atoms with van der Waals surface area (Å²) in [5.41, 5.74) is 14.5. The molecular weight excluding hydrogens is 280 g/mol. The minimum absolute atomic E-state index is 0.154. The van der Waals surface area contributed by atoms with Crippen LogP contribution in [-0.4, -0.2) is 35.3 Å². The number of hydrazine groups is 1. The molecule has 1 aromatic carbocycles. The van der Waals surface area contributed by atoms with E-state index >= 15 is 0 Å². The predicted octanol–water partition coefficient (Wildman–Crippen LogP) is 1.08. The lowest BCUT2D eigenvalue weighted by atomic mass is 10.1. The maximum atomic E-state index is 10.0. The minimum atomic E-state index is 0.154. The minimum Gasteiger partial charge on any atom is -0.507 e. The van der Waals surface area contributed by atoms with Crippen LogP contribution in [0.3, 0.4) is 0 Å². The third-order valence-corrected chi connectivity index (χ3v) is 3.84. The van der Waals surface area contributed by atoms with E-state index in [0.717, 1.165) is 30.0 Å². The van der Waals surface area contributed by atoms with Gasteiger partial charge in [0, 0.05) is 18.7 Å². The number of phenols is 1. The fourth-order valence-electron chi connectivity index (χ4n) is 2.93. The Morgan fingerprint density at radius 1 is 1.18 bits per heavy atom. The van der Waals surface area contributed by atoms with E-state index in [4.69, 9.17) is 10.5 Å². The van der Waals surface area contributed by atoms with Crippen LogP contribution in [0.4, 0.5) is 0 Å². The number of allylic oxidation sites excluding steroid dienone is 1. The van der Waals surface area contributed by atoms with Crippen LogP contribution >= 0.6 is 0 Å². The summed E-state index contributed by atoms with van der Waals surface area (Å²) in [6, 6.07) is 7.21. The highest BCUT2D eigenvalue weighted by molar-refractivity contribution is 5.71. The van der Waals surface area contributed by atoms with Gasteiger partial charge in [0.25, 0.3) is 0 Å². The van der Waals surface area contributed by atoms with Crippen LogP contribution in [0.2, 0.25) is 0 Å². The lowest BCUT2D eigenvalue weighted by Gasteiger charge is -2.39. The number of hydrogen-bond donors (Lipinski definition) is 4. The van der Waals surface area contributed by atoms with Crippen molar-refractivity contribution in [3.05, 3.63) is 47.4 Å². The maximum absolute atomic E-state index is 10.0. The van der Waals surface area contributed by atoms with Crippen molar-refractivity contribution in [2.45, 2.75) is 26.1 Å². The summed E-state index contributed by atoms with van der Waals surface area (Å²) in [5.74, 6) is 0.798. The number of nitrogens with two attached hydrogens (primary N) is 1. The standard InChI is InChI=1S/C16H22N4O2/c1-10-8-20(9-11(2)22-10)14-7-13(18-19-16(14)17)12-5-3-4-6-15(12)21/h3-7,10-11,18-19,21H,8-9,17H2,1-2H3. The second-order valence-corrected chi connectivity index (χ2v) is 5.79. The zero-order chi connectivity index (χ0) is 15.7. The Morgan fingerprint density at radius 3 is 2.55 bits per heavy atom. The van der Waals surface area contributed by atoms with Crippen molar-refractivity contribution >= 4 is 5.70 Å². The van der Waals surface area contributed by atoms with E-state index in [1.165, 1.54) is 0 Å². The number of rotatable bonds is 2. The molecule has 2 aliphatic rings. The van der Waals surface area contributed by atoms with E-state index in [2.05, 4.69) is 29.6 Å². The molecule has 22 heavy (non-hydrogen) atoms. The molecule has 2 atom stereocenters. The van der Waals surface area contributed by atoms with Gasteiger partial charge in [0.2, 0.25) is 0 Å². The summed E-state index contributed by atoms with van der Waals surface area (Å²) >= 11 is 0. The third kappa shape index (κ3) is 2.82. The second kappa shape index (κ2) is 5.81. The van der Waals surface area contributed by atoms with Gasteiger partial charge < -0.3 is 20.5 Å². The highest BCUT2D eigenvalue weighted by atomic mass is 16.5. The molecule has 0 spiro atoms. The molecule has 0 saturated carbocycles. The van der Waals surface area contributed by atoms with Crippen molar-refractivity contribution < 1.29 is 9.84 Å². The van der Waals surface area contributed by atoms with Crippen molar-refractivity contribution in [1.82, 2.24) is 15.8 Å². The molecule has 0 amide bonds. The summed E-state index contributed by atoms with van der Waals surface area (Å²) < 4.78 is 5.77. The van der Waals surface area contributed by atoms with Gasteiger partial charge in [-0.25, -0.2) is 0 Å². The summed E-state index contributed by atoms with van der Waals surface area (Å²) in [5, 5.41) is 10.0. The summed E-state index contributed by atoms with van der Waals surface area (Å²) in [6.07, 6.45) is 2.27. The number of nitrogens with one attached hydrogen (secondary N) is 2. The lowest BCUT2D eigenvalue weighted by Crippen LogP contribution is -2.48. The van der Waals surface area contributed by atoms with Gasteiger partial charge in [-0.15, -0.1) is 0 Å². The molecule has 2 unspecified atom stereocenters. The van der Waals surface area contributed by atoms with Crippen LogP contribution in [0, 0.1) is 0 Å². The van der Waals surface area contributed by atoms with Gasteiger partial charge in [0.1, 0.15) is 11.6 Å². The van der Waals surface area contributed by atoms with E-state index < -0.39 is 0 Å². The molecule has 1 fully saturated rings. The molecule has 0 aliphatic carbocycles. The van der Waals surface area contributed by atoms with Crippen molar-refractivity contribution in [2.24, 2.45) is 5.73 Å². The maximum Gasteiger partial charge on any atom is 0.139 e. The van der Waals surface area contributed by atoms with E-state index in [0.29, 0.717) is 5.82 Å². The first-order valence-electron chi connectivity index (χ1n) is 7.47. The second-order valence-electron chi connectivity index (χ2n) is 5.79. The van der Waals surface area contributed by atoms with Crippen molar-refractivity contribution in [3.63, 3.8) is 0 Å². The molecule has 2 heterocycles. The Balaban J connectivity index is 1.92. The average molecular weight is 302 g/mol. The van der Waals surface area contributed by atoms with Crippen LogP contribution in [0.25, 0.3) is 5.70 Å². The number of benzene rings is 1. The first kappa shape index (κ1) is 14.6. The first-order chi connectivity index (χ1) is 10.5. The largest absolute Gasteiger partial charge is 0.507 e. The van der Waals surface area contributed by atoms with Gasteiger partial charge in [-0.1, -0.05) is 12.1 Å². The van der Waals surface area contributed by atoms with Gasteiger partial charge in [-0.05, 0) is 32.1 Å². The topological polar surface area (TPSA) is 82.8 Å². The number of nitrogens with zero attached hydrogens (tertiary/aromatic N) is 1. The van der Waals surface area contributed by atoms with E-state index in [-0.39, 0.29) is 18.0 Å². The molecule has 0 aromatic heterocycles. The fraction of sp³-hybridized carbons (Fsp3) is 0.375. The van der Waals surface area contributed by atoms with Crippen molar-refractivity contribution in [3.8, 4) is 5.75 Å². The molecule has 1 aromatic rings. The highest BCUT2D eigenvalue weighted by Gasteiger charge is 2.26. The Morgan fingerprint density at radius 2 is 1.86 bits per heavy atom. The number of hydrogen-bond acceptors (Lipinski definition) is 6. The molecule has 6 heteroatoms. The summed E-state index contributed by atoms with van der Waals surface area (Å²) in [4.78, 5) is 2.21. The number of ether oxygens (including phenoxy) is 1. The van der Waals surface area contributed by atoms with Gasteiger partial charge >= 0.3 is 0 Å². The highest BCUT2D eigenvalue weighted by Crippen LogP contribution is 2.27. The summed E-state index contributed by atoms with van der Waals surface area (Å²) in [7, 11) is 0. The van der Waals surface area contributed by atoms with E-state index in [9.17, 15) is 5.11 Å². The number of para-hydroxylation sites is 1. The van der Waals surface area contributed by atoms with Gasteiger partial charge in [-0.2, -0.15) is 0 Å². The molecule has 0 bridgehead atoms. The van der Waals surface area contributed by atoms with E-state index in [1.807, 2.05) is 18.2 Å². The molecular formula is C16H22N4O2. The zero-order valence-electron chi connectivity index (χ0n) is 12.8. The SMILES string of the molecule is CC1CN(C2=C(N)NNC(c3ccccc3O)=C2)CC(C)O1. The van der Waals surface area contributed by atoms with Crippen molar-refractivity contribution in [2.75, 3.05) is 13.1 Å². The van der Waals surface area contributed by atoms with Gasteiger partial charge in [-0.3, -0.25) is 10.9 Å². The Bertz CT molecular complexity index is 616. The predicted molar refractivity (Wildman–Crippen MR) is 85.2 cm³/mol. The Labute approximate surface area is 130 Å². The smallest absolute Gasteiger partial charge is 0.139 e. The molecule has 6 nitrogen and oxygen atoms in total. The lowest BCUT2D eigenvalue weighted by molar-refractivity contribution is -0.0572. The van der Waals surface area contributed by atoms with Crippen LogP contribution in [-0.2, 0) is 4.74 Å². The third-order valence-electron chi connectivity index (χ3n) is 3.84. The monoisotopic (exact) mass is 302 g/mol. The number of aromatic hydroxyl groups is 1. The van der Waals surface area contributed by atoms with Gasteiger partial charge in [0.15, 0.2) is 0 Å². The number of phenolic OH excluding ortho intramolecular Hbond substituents is 1. The Kier molecular flexibility index (Phi) is 3.85. The molecule has 1 saturated heterocycles. The molecule has 2 aliphatic heterocycles. The zero-order valence-corrected chi connectivity index (χ0v) is 12.8. The van der Waals surface area contributed by atoms with Crippen molar-refractivity contribution in [1.29, 1.82) is 0 Å². The van der Waals surface area contributed by atoms with Gasteiger partial charge in [0.05, 0.1) is 23.6 Å². The quantitative estimate of drug-likeness (QED) is 0.654. The number of morpholine rings is 1. The van der Waals surface area contributed by atoms with Crippen LogP contribution in [0.15, 0.2) is 41.9 Å². The Hall–Kier alpha value is -2.34. The van der Waals surface area contributed by atoms with Crippen LogP contribution in [0.5, 0.6) is 5.75 Å². The van der Waals surface area contributed by atoms with E-state index in [1.54, 1.807) is 12.1 Å². The summed E-state index contributed by atoms with van der Waals surface area (Å²) in [6.45, 7) is 5.68. The fourth-order valence-corrected chi connectivity index (χ4v) is 2.93. The molecule has 3 rings (SSSR count). The van der Waals surface area contributed by atoms with Crippen LogP contribution in [0.1, 0.15) is 19.4 Å². The van der Waals surface area contributed by atoms with Crippen LogP contribution < -0.4 is 16.6 Å². The molecule has 0 radical (unpaired) electrons. The molecule has 118 valence electrons.